The summed E-state index contributed by atoms with van der Waals surface area (Å²) in [4.78, 5) is 0. The maximum atomic E-state index is 12.1. The van der Waals surface area contributed by atoms with Crippen molar-refractivity contribution in [2.45, 2.75) is 26.1 Å². The third kappa shape index (κ3) is 4.41. The number of halogens is 3. The van der Waals surface area contributed by atoms with Gasteiger partial charge in [-0.15, -0.1) is 0 Å². The van der Waals surface area contributed by atoms with E-state index in [1.54, 1.807) is 12.1 Å². The van der Waals surface area contributed by atoms with Crippen LogP contribution in [0.2, 0.25) is 5.02 Å². The zero-order valence-electron chi connectivity index (χ0n) is 11.4. The van der Waals surface area contributed by atoms with Crippen LogP contribution in [0, 0.1) is 6.92 Å². The fraction of sp³-hybridized carbons (Fsp3) is 0.250. The number of hydrogen-bond donors (Lipinski definition) is 1. The predicted molar refractivity (Wildman–Crippen MR) is 77.9 cm³/mol. The topological polar surface area (TPSA) is 29.5 Å². The minimum Gasteiger partial charge on any atom is -0.435 e. The monoisotopic (exact) mass is 312 g/mol. The summed E-state index contributed by atoms with van der Waals surface area (Å²) >= 11 is 6.13. The second-order valence-electron chi connectivity index (χ2n) is 4.76. The van der Waals surface area contributed by atoms with Crippen LogP contribution in [0.3, 0.4) is 0 Å². The molecule has 0 fully saturated rings. The van der Waals surface area contributed by atoms with Crippen LogP contribution in [0.25, 0.3) is 0 Å². The number of aliphatic hydroxyl groups excluding tert-OH is 1. The van der Waals surface area contributed by atoms with Crippen LogP contribution in [0.5, 0.6) is 5.75 Å². The average molecular weight is 313 g/mol. The highest BCUT2D eigenvalue weighted by atomic mass is 35.5. The summed E-state index contributed by atoms with van der Waals surface area (Å²) in [6.07, 6.45) is -0.403. The summed E-state index contributed by atoms with van der Waals surface area (Å²) in [5.74, 6) is 0.0642. The quantitative estimate of drug-likeness (QED) is 0.879. The summed E-state index contributed by atoms with van der Waals surface area (Å²) in [6, 6.07) is 11.6. The zero-order chi connectivity index (χ0) is 15.4. The summed E-state index contributed by atoms with van der Waals surface area (Å²) < 4.78 is 28.4. The molecule has 0 saturated heterocycles. The molecule has 0 saturated carbocycles. The molecule has 0 aliphatic rings. The van der Waals surface area contributed by atoms with Gasteiger partial charge in [0, 0.05) is 11.4 Å². The van der Waals surface area contributed by atoms with Crippen LogP contribution < -0.4 is 4.74 Å². The van der Waals surface area contributed by atoms with Crippen molar-refractivity contribution in [2.75, 3.05) is 0 Å². The van der Waals surface area contributed by atoms with E-state index in [9.17, 15) is 13.9 Å². The first-order valence-electron chi connectivity index (χ1n) is 6.43. The standard InChI is InChI=1S/C16H15ClF2O2/c1-10-2-3-12(14(17)8-10)9-15(20)11-4-6-13(7-5-11)21-16(18)19/h2-8,15-16,20H,9H2,1H3. The Hall–Kier alpha value is -1.65. The normalized spacial score (nSPS) is 12.5. The van der Waals surface area contributed by atoms with E-state index in [-0.39, 0.29) is 5.75 Å². The number of benzene rings is 2. The number of aliphatic hydroxyl groups is 1. The van der Waals surface area contributed by atoms with Crippen molar-refractivity contribution in [3.8, 4) is 5.75 Å². The highest BCUT2D eigenvalue weighted by molar-refractivity contribution is 6.31. The Morgan fingerprint density at radius 1 is 1.14 bits per heavy atom. The molecule has 0 radical (unpaired) electrons. The first kappa shape index (κ1) is 15.7. The second kappa shape index (κ2) is 6.87. The molecule has 1 N–H and O–H groups in total. The van der Waals surface area contributed by atoms with Crippen molar-refractivity contribution in [2.24, 2.45) is 0 Å². The van der Waals surface area contributed by atoms with Gasteiger partial charge in [0.1, 0.15) is 5.75 Å². The lowest BCUT2D eigenvalue weighted by Gasteiger charge is -2.13. The average Bonchev–Trinajstić information content (AvgIpc) is 2.42. The number of aryl methyl sites for hydroxylation is 1. The van der Waals surface area contributed by atoms with E-state index in [0.717, 1.165) is 11.1 Å². The fourth-order valence-corrected chi connectivity index (χ4v) is 2.33. The molecule has 0 bridgehead atoms. The van der Waals surface area contributed by atoms with E-state index < -0.39 is 12.7 Å². The molecule has 2 rings (SSSR count). The Morgan fingerprint density at radius 2 is 1.81 bits per heavy atom. The van der Waals surface area contributed by atoms with Gasteiger partial charge >= 0.3 is 6.61 Å². The van der Waals surface area contributed by atoms with E-state index >= 15 is 0 Å². The Bertz CT molecular complexity index is 600. The molecule has 112 valence electrons. The largest absolute Gasteiger partial charge is 0.435 e. The van der Waals surface area contributed by atoms with Crippen molar-refractivity contribution in [3.05, 3.63) is 64.2 Å². The minimum absolute atomic E-state index is 0.0642. The van der Waals surface area contributed by atoms with Gasteiger partial charge in [-0.05, 0) is 41.8 Å². The van der Waals surface area contributed by atoms with Gasteiger partial charge in [0.2, 0.25) is 0 Å². The predicted octanol–water partition coefficient (Wildman–Crippen LogP) is 4.53. The number of rotatable bonds is 5. The molecule has 21 heavy (non-hydrogen) atoms. The zero-order valence-corrected chi connectivity index (χ0v) is 12.1. The molecule has 0 amide bonds. The Labute approximate surface area is 126 Å². The maximum Gasteiger partial charge on any atom is 0.387 e. The van der Waals surface area contributed by atoms with Gasteiger partial charge < -0.3 is 9.84 Å². The van der Waals surface area contributed by atoms with Gasteiger partial charge in [0.05, 0.1) is 6.10 Å². The molecule has 2 aromatic rings. The minimum atomic E-state index is -2.85. The van der Waals surface area contributed by atoms with E-state index in [2.05, 4.69) is 4.74 Å². The molecule has 2 aromatic carbocycles. The first-order chi connectivity index (χ1) is 9.95. The van der Waals surface area contributed by atoms with E-state index in [0.29, 0.717) is 17.0 Å². The van der Waals surface area contributed by atoms with Crippen molar-refractivity contribution in [3.63, 3.8) is 0 Å². The van der Waals surface area contributed by atoms with Gasteiger partial charge in [-0.3, -0.25) is 0 Å². The Morgan fingerprint density at radius 3 is 2.38 bits per heavy atom. The van der Waals surface area contributed by atoms with Crippen molar-refractivity contribution >= 4 is 11.6 Å². The maximum absolute atomic E-state index is 12.1. The lowest BCUT2D eigenvalue weighted by Crippen LogP contribution is -2.04. The lowest BCUT2D eigenvalue weighted by atomic mass is 10.0. The fourth-order valence-electron chi connectivity index (χ4n) is 2.02. The number of hydrogen-bond acceptors (Lipinski definition) is 2. The van der Waals surface area contributed by atoms with Gasteiger partial charge in [-0.25, -0.2) is 0 Å². The summed E-state index contributed by atoms with van der Waals surface area (Å²) in [6.45, 7) is -0.916. The van der Waals surface area contributed by atoms with Gasteiger partial charge in [-0.2, -0.15) is 8.78 Å². The molecule has 5 heteroatoms. The van der Waals surface area contributed by atoms with Crippen LogP contribution in [-0.4, -0.2) is 11.7 Å². The molecule has 1 atom stereocenters. The third-order valence-corrected chi connectivity index (χ3v) is 3.46. The van der Waals surface area contributed by atoms with E-state index in [1.807, 2.05) is 25.1 Å². The molecule has 0 aliphatic heterocycles. The van der Waals surface area contributed by atoms with E-state index in [4.69, 9.17) is 11.6 Å². The summed E-state index contributed by atoms with van der Waals surface area (Å²) in [7, 11) is 0. The molecule has 0 spiro atoms. The van der Waals surface area contributed by atoms with Crippen LogP contribution >= 0.6 is 11.6 Å². The van der Waals surface area contributed by atoms with Crippen molar-refractivity contribution in [1.29, 1.82) is 0 Å². The SMILES string of the molecule is Cc1ccc(CC(O)c2ccc(OC(F)F)cc2)c(Cl)c1. The second-order valence-corrected chi connectivity index (χ2v) is 5.17. The smallest absolute Gasteiger partial charge is 0.387 e. The highest BCUT2D eigenvalue weighted by Gasteiger charge is 2.12. The molecule has 0 aliphatic carbocycles. The Kier molecular flexibility index (Phi) is 5.15. The molecule has 0 aromatic heterocycles. The highest BCUT2D eigenvalue weighted by Crippen LogP contribution is 2.26. The van der Waals surface area contributed by atoms with E-state index in [1.165, 1.54) is 12.1 Å². The van der Waals surface area contributed by atoms with Crippen molar-refractivity contribution in [1.82, 2.24) is 0 Å². The lowest BCUT2D eigenvalue weighted by molar-refractivity contribution is -0.0498. The van der Waals surface area contributed by atoms with Crippen LogP contribution in [0.1, 0.15) is 22.8 Å². The van der Waals surface area contributed by atoms with Crippen LogP contribution in [0.4, 0.5) is 8.78 Å². The molecular weight excluding hydrogens is 298 g/mol. The number of ether oxygens (including phenoxy) is 1. The first-order valence-corrected chi connectivity index (χ1v) is 6.81. The molecular formula is C16H15ClF2O2. The van der Waals surface area contributed by atoms with Crippen LogP contribution in [-0.2, 0) is 6.42 Å². The Balaban J connectivity index is 2.07. The summed E-state index contributed by atoms with van der Waals surface area (Å²) in [5, 5.41) is 10.8. The van der Waals surface area contributed by atoms with Gasteiger partial charge in [0.25, 0.3) is 0 Å². The van der Waals surface area contributed by atoms with Gasteiger partial charge in [0.15, 0.2) is 0 Å². The summed E-state index contributed by atoms with van der Waals surface area (Å²) in [5.41, 5.74) is 2.50. The van der Waals surface area contributed by atoms with Crippen molar-refractivity contribution < 1.29 is 18.6 Å². The molecule has 2 nitrogen and oxygen atoms in total. The molecule has 0 heterocycles. The number of alkyl halides is 2. The molecule has 1 unspecified atom stereocenters. The van der Waals surface area contributed by atoms with Crippen LogP contribution in [0.15, 0.2) is 42.5 Å². The van der Waals surface area contributed by atoms with Gasteiger partial charge in [-0.1, -0.05) is 35.9 Å². The third-order valence-electron chi connectivity index (χ3n) is 3.11.